The summed E-state index contributed by atoms with van der Waals surface area (Å²) in [6.07, 6.45) is 8.40. The second-order valence-corrected chi connectivity index (χ2v) is 18.7. The first-order chi connectivity index (χ1) is 35.5. The zero-order valence-corrected chi connectivity index (χ0v) is 46.3. The van der Waals surface area contributed by atoms with E-state index in [4.69, 9.17) is 19.3 Å². The molecule has 0 saturated carbocycles. The van der Waals surface area contributed by atoms with Crippen LogP contribution in [-0.2, 0) is 72.2 Å². The van der Waals surface area contributed by atoms with Crippen LogP contribution in [0, 0.1) is 12.7 Å². The first-order valence-electron chi connectivity index (χ1n) is 23.9. The summed E-state index contributed by atoms with van der Waals surface area (Å²) in [5.41, 5.74) is 9.71. The van der Waals surface area contributed by atoms with Crippen LogP contribution in [0.3, 0.4) is 0 Å². The average Bonchev–Trinajstić information content (AvgIpc) is 3.91. The zero-order chi connectivity index (χ0) is 54.6. The Morgan fingerprint density at radius 3 is 2.34 bits per heavy atom. The molecular formula is C50H64FN10O12Pb. The number of amides is 7. The van der Waals surface area contributed by atoms with E-state index >= 15 is 4.39 Å². The molecule has 2 aliphatic heterocycles. The van der Waals surface area contributed by atoms with Crippen molar-refractivity contribution in [2.75, 3.05) is 60.7 Å². The van der Waals surface area contributed by atoms with Crippen molar-refractivity contribution < 1.29 is 57.0 Å². The number of aldehydes is 2. The fraction of sp³-hybridized carbons (Fsp3) is 0.460. The van der Waals surface area contributed by atoms with E-state index < -0.39 is 59.9 Å². The van der Waals surface area contributed by atoms with Crippen LogP contribution >= 0.6 is 0 Å². The van der Waals surface area contributed by atoms with Crippen molar-refractivity contribution >= 4 is 91.1 Å². The Bertz CT molecular complexity index is 2710. The minimum atomic E-state index is -0.637. The number of imide groups is 1. The van der Waals surface area contributed by atoms with Crippen LogP contribution in [0.25, 0.3) is 22.3 Å². The van der Waals surface area contributed by atoms with E-state index in [-0.39, 0.29) is 57.5 Å². The number of hydrogen-bond donors (Lipinski definition) is 6. The molecule has 6 rings (SSSR count). The summed E-state index contributed by atoms with van der Waals surface area (Å²) in [5.74, 6) is -3.87. The number of nitrogens with one attached hydrogen (secondary N) is 5. The molecule has 24 heteroatoms. The molecule has 3 radical (unpaired) electrons. The molecule has 3 aliphatic rings. The summed E-state index contributed by atoms with van der Waals surface area (Å²) in [7, 11) is 4.87. The van der Waals surface area contributed by atoms with Gasteiger partial charge in [-0.3, -0.25) is 9.59 Å². The van der Waals surface area contributed by atoms with Gasteiger partial charge in [-0.15, -0.1) is 0 Å². The van der Waals surface area contributed by atoms with Crippen LogP contribution in [0.4, 0.5) is 4.39 Å². The molecular weight excluding hydrogens is 1160 g/mol. The maximum absolute atomic E-state index is 15.4. The number of methoxy groups -OCH3 is 1. The Balaban J connectivity index is 0.00000138. The van der Waals surface area contributed by atoms with Crippen LogP contribution in [0.5, 0.6) is 0 Å². The number of nitrogens with zero attached hydrogens (tertiary/aromatic N) is 4. The molecule has 0 fully saturated rings. The van der Waals surface area contributed by atoms with Gasteiger partial charge < -0.3 is 29.9 Å². The van der Waals surface area contributed by atoms with Gasteiger partial charge in [0.05, 0.1) is 42.6 Å². The van der Waals surface area contributed by atoms with Crippen LogP contribution in [0.2, 0.25) is 3.98 Å². The number of pyridine rings is 2. The van der Waals surface area contributed by atoms with Crippen molar-refractivity contribution in [2.45, 2.75) is 88.0 Å². The molecule has 7 N–H and O–H groups in total. The summed E-state index contributed by atoms with van der Waals surface area (Å²) in [5, 5.41) is 14.5. The third kappa shape index (κ3) is 14.8. The number of aryl methyl sites for hydroxylation is 1. The molecule has 0 saturated heterocycles. The quantitative estimate of drug-likeness (QED) is 0.0179. The fourth-order valence-electron chi connectivity index (χ4n) is 8.75. The molecule has 22 nitrogen and oxygen atoms in total. The number of likely N-dealkylation sites (N-methyl/N-ethyl adjacent to an activating group) is 2. The number of rotatable bonds is 24. The normalized spacial score (nSPS) is 14.8. The van der Waals surface area contributed by atoms with Crippen molar-refractivity contribution in [2.24, 2.45) is 5.73 Å². The molecule has 74 heavy (non-hydrogen) atoms. The smallest absolute Gasteiger partial charge is 0.380 e. The molecule has 1 aliphatic carbocycles. The van der Waals surface area contributed by atoms with E-state index in [9.17, 15) is 43.2 Å². The minimum Gasteiger partial charge on any atom is -0.380 e. The van der Waals surface area contributed by atoms with Crippen molar-refractivity contribution in [3.05, 3.63) is 85.6 Å². The predicted octanol–water partition coefficient (Wildman–Crippen LogP) is 0.140. The maximum atomic E-state index is 15.4. The van der Waals surface area contributed by atoms with Gasteiger partial charge in [0.1, 0.15) is 18.4 Å². The number of allylic oxidation sites excluding steroid dienone is 1. The minimum absolute atomic E-state index is 0.0129. The van der Waals surface area contributed by atoms with Gasteiger partial charge in [-0.05, 0) is 61.6 Å². The van der Waals surface area contributed by atoms with E-state index in [1.807, 2.05) is 26.0 Å². The standard InChI is InChI=1S/C46H54FN8O10.C3H7NO.CH3NO.Pb/c1-7-9-28(14-15-48-38(58)20-55-39(59)12-13-40(55)60)51-26(4)45(62)49-18-37(57)50-24-65-23-41(61)53(5)35-11-10-29-25(3)33(47)17-34-42(29)43(35)31-19-54-36(44(31)52-34)16-30(27(8-2)21-56)32(22-64-6)46(54)63;1-4-2-3-5;2-1-3;/h9,12-13,16-17,21,26-27,35,51H,4,7-8,10-11,14-15,18-20,22-24H2,1-3,5-6H3,(H,48,58)(H,49,62)(H,50,57);3-4H,2H2,1H3;1H,(H2,2,3);/b28-9+;;;. The number of ether oxygens (including phenoxy) is 2. The first kappa shape index (κ1) is 60.0. The molecule has 397 valence electrons. The van der Waals surface area contributed by atoms with Gasteiger partial charge in [0.15, 0.2) is 0 Å². The molecule has 7 amide bonds. The number of halogens is 1. The van der Waals surface area contributed by atoms with Crippen LogP contribution in [0.15, 0.2) is 40.9 Å². The van der Waals surface area contributed by atoms with E-state index in [1.165, 1.54) is 13.2 Å². The molecule has 4 heterocycles. The molecule has 3 unspecified atom stereocenters. The van der Waals surface area contributed by atoms with Crippen LogP contribution in [0.1, 0.15) is 84.9 Å². The number of hydrogen-bond acceptors (Lipinski definition) is 15. The van der Waals surface area contributed by atoms with E-state index in [2.05, 4.69) is 32.3 Å². The molecule has 0 bridgehead atoms. The third-order valence-electron chi connectivity index (χ3n) is 12.4. The number of nitrogens with two attached hydrogens (primary N) is 1. The van der Waals surface area contributed by atoms with E-state index in [1.54, 1.807) is 30.5 Å². The van der Waals surface area contributed by atoms with Gasteiger partial charge in [0.25, 0.3) is 5.56 Å². The zero-order valence-electron chi connectivity index (χ0n) is 42.4. The Kier molecular flexibility index (Phi) is 23.8. The van der Waals surface area contributed by atoms with Gasteiger partial charge in [0, 0.05) is 42.7 Å². The van der Waals surface area contributed by atoms with Gasteiger partial charge in [0.2, 0.25) is 6.41 Å². The van der Waals surface area contributed by atoms with Crippen molar-refractivity contribution in [1.82, 2.24) is 45.9 Å². The van der Waals surface area contributed by atoms with E-state index in [0.29, 0.717) is 108 Å². The molecule has 0 spiro atoms. The average molecular weight is 1220 g/mol. The number of primary amides is 1. The predicted molar refractivity (Wildman–Crippen MR) is 270 cm³/mol. The van der Waals surface area contributed by atoms with Crippen molar-refractivity contribution in [3.63, 3.8) is 0 Å². The number of benzene rings is 1. The van der Waals surface area contributed by atoms with Gasteiger partial charge >= 0.3 is 212 Å². The summed E-state index contributed by atoms with van der Waals surface area (Å²) in [6, 6.07) is 2.07. The van der Waals surface area contributed by atoms with Gasteiger partial charge in [-0.2, -0.15) is 0 Å². The van der Waals surface area contributed by atoms with Gasteiger partial charge in [-0.25, -0.2) is 9.37 Å². The summed E-state index contributed by atoms with van der Waals surface area (Å²) in [6.45, 7) is 4.89. The van der Waals surface area contributed by atoms with Crippen LogP contribution in [-0.4, -0.2) is 166 Å². The Hall–Kier alpha value is -6.58. The number of carbonyl (C=O) groups excluding carboxylic acids is 9. The molecule has 2 aromatic heterocycles. The third-order valence-corrected chi connectivity index (χ3v) is 14.0. The van der Waals surface area contributed by atoms with Gasteiger partial charge in [-0.1, -0.05) is 6.92 Å². The van der Waals surface area contributed by atoms with Crippen LogP contribution < -0.4 is 37.9 Å². The molecule has 3 atom stereocenters. The number of carbonyl (C=O) groups is 9. The Morgan fingerprint density at radius 2 is 1.74 bits per heavy atom. The first-order valence-corrected chi connectivity index (χ1v) is 26.6. The summed E-state index contributed by atoms with van der Waals surface area (Å²) >= 11 is 0.666. The Morgan fingerprint density at radius 1 is 1.04 bits per heavy atom. The van der Waals surface area contributed by atoms with Crippen molar-refractivity contribution in [3.8, 4) is 11.4 Å². The topological polar surface area (TPSA) is 300 Å². The second kappa shape index (κ2) is 29.3. The Labute approximate surface area is 443 Å². The fourth-order valence-corrected chi connectivity index (χ4v) is 9.87. The van der Waals surface area contributed by atoms with E-state index in [0.717, 1.165) is 51.7 Å². The number of fused-ring (bicyclic) bond motifs is 4. The summed E-state index contributed by atoms with van der Waals surface area (Å²) < 4.78 is 28.5. The SMILES string of the molecule is CC/C=C(\CCNC(=O)CN1C(=O)C=CC1=O)NC([CH2][Pb])C(=O)NCC(=O)NCOCC(=O)N(C)C1CCc2c(C)c(F)cc3nc4c(c1c23)Cn1c-4cc(C(C=O)CC)c(COC)c1=O.CNCC=O.NC=O. The summed E-state index contributed by atoms with van der Waals surface area (Å²) in [4.78, 5) is 127. The molecule has 1 aromatic carbocycles. The van der Waals surface area contributed by atoms with Crippen molar-refractivity contribution in [1.29, 1.82) is 0 Å². The monoisotopic (exact) mass is 1220 g/mol. The second-order valence-electron chi connectivity index (χ2n) is 17.1. The number of aromatic nitrogens is 2. The molecule has 3 aromatic rings.